The Labute approximate surface area is 189 Å². The molecular formula is C23H30N2O6S. The van der Waals surface area contributed by atoms with Gasteiger partial charge in [0.25, 0.3) is 5.91 Å². The van der Waals surface area contributed by atoms with Crippen LogP contribution in [0.15, 0.2) is 53.4 Å². The van der Waals surface area contributed by atoms with Gasteiger partial charge in [0.15, 0.2) is 6.61 Å². The third-order valence-corrected chi connectivity index (χ3v) is 7.01. The van der Waals surface area contributed by atoms with E-state index in [9.17, 15) is 18.0 Å². The highest BCUT2D eigenvalue weighted by molar-refractivity contribution is 7.89. The smallest absolute Gasteiger partial charge is 0.314 e. The molecule has 0 saturated carbocycles. The molecule has 0 aliphatic carbocycles. The summed E-state index contributed by atoms with van der Waals surface area (Å²) < 4.78 is 36.4. The summed E-state index contributed by atoms with van der Waals surface area (Å²) in [5, 5.41) is 2.57. The molecule has 0 bridgehead atoms. The fourth-order valence-corrected chi connectivity index (χ4v) is 4.09. The lowest BCUT2D eigenvalue weighted by Gasteiger charge is -2.22. The zero-order valence-electron chi connectivity index (χ0n) is 19.0. The lowest BCUT2D eigenvalue weighted by Crippen LogP contribution is -2.27. The standard InChI is InChI=1S/C23H30N2O6S/c1-6-16(2)22(17-10-8-7-9-11-17)23(27)31-15-21(26)24-19-14-18(12-13-20(19)30-5)32(28,29)25(3)4/h7-14,16,22H,6,15H2,1-5H3,(H,24,26). The summed E-state index contributed by atoms with van der Waals surface area (Å²) in [6.07, 6.45) is 0.769. The lowest BCUT2D eigenvalue weighted by atomic mass is 9.86. The molecule has 0 fully saturated rings. The van der Waals surface area contributed by atoms with Gasteiger partial charge in [0.2, 0.25) is 10.0 Å². The third-order valence-electron chi connectivity index (χ3n) is 5.19. The Hall–Kier alpha value is -2.91. The van der Waals surface area contributed by atoms with Crippen molar-refractivity contribution in [1.29, 1.82) is 0 Å². The third kappa shape index (κ3) is 6.08. The van der Waals surface area contributed by atoms with Crippen LogP contribution in [-0.2, 0) is 24.3 Å². The van der Waals surface area contributed by atoms with Crippen molar-refractivity contribution in [3.8, 4) is 5.75 Å². The number of benzene rings is 2. The molecule has 0 saturated heterocycles. The van der Waals surface area contributed by atoms with Gasteiger partial charge in [-0.15, -0.1) is 0 Å². The van der Waals surface area contributed by atoms with E-state index in [0.717, 1.165) is 16.3 Å². The van der Waals surface area contributed by atoms with Gasteiger partial charge in [0.05, 0.1) is 23.6 Å². The Kier molecular flexibility index (Phi) is 8.80. The van der Waals surface area contributed by atoms with E-state index in [2.05, 4.69) is 5.32 Å². The number of amides is 1. The summed E-state index contributed by atoms with van der Waals surface area (Å²) in [5.41, 5.74) is 0.994. The predicted molar refractivity (Wildman–Crippen MR) is 122 cm³/mol. The van der Waals surface area contributed by atoms with Crippen molar-refractivity contribution in [3.05, 3.63) is 54.1 Å². The Balaban J connectivity index is 2.14. The Morgan fingerprint density at radius 2 is 1.75 bits per heavy atom. The minimum atomic E-state index is -3.70. The molecule has 2 aromatic carbocycles. The van der Waals surface area contributed by atoms with Gasteiger partial charge in [-0.1, -0.05) is 50.6 Å². The van der Waals surface area contributed by atoms with E-state index >= 15 is 0 Å². The quantitative estimate of drug-likeness (QED) is 0.544. The number of ether oxygens (including phenoxy) is 2. The zero-order valence-corrected chi connectivity index (χ0v) is 19.8. The highest BCUT2D eigenvalue weighted by atomic mass is 32.2. The molecule has 9 heteroatoms. The summed E-state index contributed by atoms with van der Waals surface area (Å²) in [7, 11) is 0.534. The highest BCUT2D eigenvalue weighted by Crippen LogP contribution is 2.30. The number of nitrogens with zero attached hydrogens (tertiary/aromatic N) is 1. The van der Waals surface area contributed by atoms with Crippen LogP contribution in [-0.4, -0.2) is 52.4 Å². The van der Waals surface area contributed by atoms with Crippen LogP contribution >= 0.6 is 0 Å². The molecule has 0 aliphatic heterocycles. The van der Waals surface area contributed by atoms with E-state index in [-0.39, 0.29) is 22.3 Å². The van der Waals surface area contributed by atoms with Crippen molar-refractivity contribution in [2.45, 2.75) is 31.1 Å². The van der Waals surface area contributed by atoms with E-state index in [4.69, 9.17) is 9.47 Å². The summed E-state index contributed by atoms with van der Waals surface area (Å²) in [5.74, 6) is -1.27. The van der Waals surface area contributed by atoms with Crippen LogP contribution in [0.1, 0.15) is 31.7 Å². The minimum Gasteiger partial charge on any atom is -0.495 e. The molecule has 1 amide bonds. The Bertz CT molecular complexity index is 1040. The number of hydrogen-bond acceptors (Lipinski definition) is 6. The lowest BCUT2D eigenvalue weighted by molar-refractivity contribution is -0.150. The number of carbonyl (C=O) groups is 2. The van der Waals surface area contributed by atoms with Gasteiger partial charge >= 0.3 is 5.97 Å². The fraction of sp³-hybridized carbons (Fsp3) is 0.391. The zero-order chi connectivity index (χ0) is 23.9. The molecule has 0 spiro atoms. The first-order chi connectivity index (χ1) is 15.1. The SMILES string of the molecule is CCC(C)C(C(=O)OCC(=O)Nc1cc(S(=O)(=O)N(C)C)ccc1OC)c1ccccc1. The average molecular weight is 463 g/mol. The number of anilines is 1. The molecular weight excluding hydrogens is 432 g/mol. The molecule has 174 valence electrons. The number of hydrogen-bond donors (Lipinski definition) is 1. The van der Waals surface area contributed by atoms with E-state index in [1.165, 1.54) is 39.4 Å². The first-order valence-corrected chi connectivity index (χ1v) is 11.7. The second-order valence-corrected chi connectivity index (χ2v) is 9.73. The minimum absolute atomic E-state index is 0.00323. The second-order valence-electron chi connectivity index (χ2n) is 7.58. The first kappa shape index (κ1) is 25.4. The van der Waals surface area contributed by atoms with Gasteiger partial charge < -0.3 is 14.8 Å². The number of methoxy groups -OCH3 is 1. The summed E-state index contributed by atoms with van der Waals surface area (Å²) in [4.78, 5) is 25.2. The molecule has 0 heterocycles. The van der Waals surface area contributed by atoms with E-state index in [0.29, 0.717) is 0 Å². The van der Waals surface area contributed by atoms with Crippen LogP contribution in [0.5, 0.6) is 5.75 Å². The van der Waals surface area contributed by atoms with Crippen molar-refractivity contribution in [1.82, 2.24) is 4.31 Å². The molecule has 1 N–H and O–H groups in total. The Morgan fingerprint density at radius 1 is 1.09 bits per heavy atom. The van der Waals surface area contributed by atoms with Gasteiger partial charge in [-0.2, -0.15) is 0 Å². The molecule has 2 rings (SSSR count). The van der Waals surface area contributed by atoms with E-state index in [1.807, 2.05) is 44.2 Å². The molecule has 32 heavy (non-hydrogen) atoms. The van der Waals surface area contributed by atoms with Crippen molar-refractivity contribution in [3.63, 3.8) is 0 Å². The average Bonchev–Trinajstić information content (AvgIpc) is 2.78. The normalized spacial score (nSPS) is 13.3. The Morgan fingerprint density at radius 3 is 2.31 bits per heavy atom. The van der Waals surface area contributed by atoms with Gasteiger partial charge in [0.1, 0.15) is 5.75 Å². The van der Waals surface area contributed by atoms with Gasteiger partial charge in [-0.3, -0.25) is 9.59 Å². The van der Waals surface area contributed by atoms with Crippen LogP contribution in [0.25, 0.3) is 0 Å². The monoisotopic (exact) mass is 462 g/mol. The number of rotatable bonds is 10. The molecule has 0 aliphatic rings. The van der Waals surface area contributed by atoms with Crippen LogP contribution in [0.2, 0.25) is 0 Å². The molecule has 8 nitrogen and oxygen atoms in total. The van der Waals surface area contributed by atoms with Crippen LogP contribution in [0.4, 0.5) is 5.69 Å². The topological polar surface area (TPSA) is 102 Å². The van der Waals surface area contributed by atoms with Gasteiger partial charge in [-0.05, 0) is 29.7 Å². The largest absolute Gasteiger partial charge is 0.495 e. The van der Waals surface area contributed by atoms with Crippen LogP contribution in [0.3, 0.4) is 0 Å². The van der Waals surface area contributed by atoms with Crippen molar-refractivity contribution in [2.75, 3.05) is 33.1 Å². The van der Waals surface area contributed by atoms with Crippen molar-refractivity contribution in [2.24, 2.45) is 5.92 Å². The van der Waals surface area contributed by atoms with Gasteiger partial charge in [0, 0.05) is 14.1 Å². The maximum atomic E-state index is 12.8. The number of esters is 1. The fourth-order valence-electron chi connectivity index (χ4n) is 3.16. The number of sulfonamides is 1. The first-order valence-electron chi connectivity index (χ1n) is 10.2. The second kappa shape index (κ2) is 11.1. The summed E-state index contributed by atoms with van der Waals surface area (Å²) in [6.45, 7) is 3.44. The van der Waals surface area contributed by atoms with E-state index in [1.54, 1.807) is 0 Å². The molecule has 2 unspecified atom stereocenters. The molecule has 0 radical (unpaired) electrons. The highest BCUT2D eigenvalue weighted by Gasteiger charge is 2.28. The predicted octanol–water partition coefficient (Wildman–Crippen LogP) is 3.26. The summed E-state index contributed by atoms with van der Waals surface area (Å²) in [6, 6.07) is 13.4. The molecule has 0 aromatic heterocycles. The summed E-state index contributed by atoms with van der Waals surface area (Å²) >= 11 is 0. The van der Waals surface area contributed by atoms with Crippen molar-refractivity contribution >= 4 is 27.6 Å². The maximum absolute atomic E-state index is 12.8. The van der Waals surface area contributed by atoms with Crippen LogP contribution in [0, 0.1) is 5.92 Å². The van der Waals surface area contributed by atoms with Crippen molar-refractivity contribution < 1.29 is 27.5 Å². The number of carbonyl (C=O) groups excluding carboxylic acids is 2. The maximum Gasteiger partial charge on any atom is 0.314 e. The van der Waals surface area contributed by atoms with Gasteiger partial charge in [-0.25, -0.2) is 12.7 Å². The molecule has 2 atom stereocenters. The number of nitrogens with one attached hydrogen (secondary N) is 1. The van der Waals surface area contributed by atoms with E-state index < -0.39 is 34.4 Å². The molecule has 2 aromatic rings. The van der Waals surface area contributed by atoms with Crippen LogP contribution < -0.4 is 10.1 Å².